The molecule has 0 atom stereocenters. The number of hydrogen-bond acceptors (Lipinski definition) is 5. The number of halogens is 1. The fourth-order valence-electron chi connectivity index (χ4n) is 4.32. The van der Waals surface area contributed by atoms with Crippen LogP contribution < -0.4 is 10.6 Å². The van der Waals surface area contributed by atoms with Gasteiger partial charge in [0.15, 0.2) is 5.82 Å². The predicted octanol–water partition coefficient (Wildman–Crippen LogP) is 3.05. The molecule has 1 aromatic heterocycles. The van der Waals surface area contributed by atoms with Crippen molar-refractivity contribution in [3.8, 4) is 11.4 Å². The van der Waals surface area contributed by atoms with Crippen LogP contribution >= 0.6 is 12.4 Å². The van der Waals surface area contributed by atoms with Gasteiger partial charge in [-0.05, 0) is 50.9 Å². The van der Waals surface area contributed by atoms with Crippen LogP contribution in [-0.2, 0) is 22.5 Å². The first kappa shape index (κ1) is 21.7. The number of carbonyl (C=O) groups is 1. The number of methoxy groups -OCH3 is 1. The topological polar surface area (TPSA) is 81.1 Å². The molecule has 7 nitrogen and oxygen atoms in total. The zero-order valence-corrected chi connectivity index (χ0v) is 17.8. The third-order valence-electron chi connectivity index (χ3n) is 5.95. The Labute approximate surface area is 178 Å². The number of amides is 1. The van der Waals surface area contributed by atoms with Crippen molar-refractivity contribution in [2.75, 3.05) is 32.1 Å². The van der Waals surface area contributed by atoms with Gasteiger partial charge in [0, 0.05) is 31.3 Å². The average Bonchev–Trinajstić information content (AvgIpc) is 2.97. The SMILES string of the molecule is COCC1(C(=O)Nc2cccc(-c3nnc4n3CCCCC4)c2)CCNCC1.Cl. The van der Waals surface area contributed by atoms with E-state index in [-0.39, 0.29) is 18.3 Å². The minimum absolute atomic E-state index is 0. The third kappa shape index (κ3) is 4.63. The molecule has 158 valence electrons. The number of rotatable bonds is 5. The number of ether oxygens (including phenoxy) is 1. The number of anilines is 1. The molecule has 3 heterocycles. The van der Waals surface area contributed by atoms with Gasteiger partial charge in [0.1, 0.15) is 5.82 Å². The first-order valence-electron chi connectivity index (χ1n) is 10.3. The Morgan fingerprint density at radius 3 is 2.86 bits per heavy atom. The summed E-state index contributed by atoms with van der Waals surface area (Å²) in [5.41, 5.74) is 1.31. The average molecular weight is 420 g/mol. The summed E-state index contributed by atoms with van der Waals surface area (Å²) in [6.45, 7) is 3.07. The standard InChI is InChI=1S/C21H29N5O2.ClH/c1-28-15-21(9-11-22-12-10-21)20(27)23-17-7-5-6-16(14-17)19-25-24-18-8-3-2-4-13-26(18)19;/h5-7,14,22H,2-4,8-13,15H2,1H3,(H,23,27);1H. The molecule has 0 radical (unpaired) electrons. The van der Waals surface area contributed by atoms with Crippen molar-refractivity contribution < 1.29 is 9.53 Å². The number of aromatic nitrogens is 3. The maximum atomic E-state index is 13.1. The van der Waals surface area contributed by atoms with E-state index in [1.54, 1.807) is 7.11 Å². The van der Waals surface area contributed by atoms with Gasteiger partial charge < -0.3 is 19.9 Å². The van der Waals surface area contributed by atoms with Gasteiger partial charge in [-0.2, -0.15) is 0 Å². The van der Waals surface area contributed by atoms with Crippen LogP contribution in [0.2, 0.25) is 0 Å². The Bertz CT molecular complexity index is 827. The lowest BCUT2D eigenvalue weighted by atomic mass is 9.78. The molecule has 1 saturated heterocycles. The number of benzene rings is 1. The molecule has 29 heavy (non-hydrogen) atoms. The second-order valence-electron chi connectivity index (χ2n) is 7.90. The Balaban J connectivity index is 0.00000240. The summed E-state index contributed by atoms with van der Waals surface area (Å²) in [7, 11) is 1.66. The molecule has 0 unspecified atom stereocenters. The first-order valence-corrected chi connectivity index (χ1v) is 10.3. The van der Waals surface area contributed by atoms with Crippen LogP contribution in [0.1, 0.15) is 37.9 Å². The molecule has 1 amide bonds. The van der Waals surface area contributed by atoms with Gasteiger partial charge in [0.05, 0.1) is 12.0 Å². The van der Waals surface area contributed by atoms with E-state index in [9.17, 15) is 4.79 Å². The monoisotopic (exact) mass is 419 g/mol. The minimum Gasteiger partial charge on any atom is -0.384 e. The van der Waals surface area contributed by atoms with Gasteiger partial charge >= 0.3 is 0 Å². The number of nitrogens with zero attached hydrogens (tertiary/aromatic N) is 3. The van der Waals surface area contributed by atoms with Crippen molar-refractivity contribution in [2.24, 2.45) is 5.41 Å². The van der Waals surface area contributed by atoms with Gasteiger partial charge in [-0.3, -0.25) is 4.79 Å². The molecule has 1 fully saturated rings. The maximum absolute atomic E-state index is 13.1. The Morgan fingerprint density at radius 1 is 1.24 bits per heavy atom. The molecule has 2 aliphatic heterocycles. The lowest BCUT2D eigenvalue weighted by Crippen LogP contribution is -2.47. The Hall–Kier alpha value is -1.96. The Morgan fingerprint density at radius 2 is 2.07 bits per heavy atom. The molecular formula is C21H30ClN5O2. The summed E-state index contributed by atoms with van der Waals surface area (Å²) >= 11 is 0. The minimum atomic E-state index is -0.470. The highest BCUT2D eigenvalue weighted by Gasteiger charge is 2.39. The fourth-order valence-corrected chi connectivity index (χ4v) is 4.32. The van der Waals surface area contributed by atoms with Gasteiger partial charge in [0.25, 0.3) is 0 Å². The van der Waals surface area contributed by atoms with E-state index in [1.807, 2.05) is 24.3 Å². The van der Waals surface area contributed by atoms with Gasteiger partial charge in [-0.25, -0.2) is 0 Å². The van der Waals surface area contributed by atoms with Crippen LogP contribution in [-0.4, -0.2) is 47.5 Å². The molecule has 0 saturated carbocycles. The number of hydrogen-bond donors (Lipinski definition) is 2. The van der Waals surface area contributed by atoms with E-state index < -0.39 is 5.41 Å². The molecule has 2 N–H and O–H groups in total. The number of nitrogens with one attached hydrogen (secondary N) is 2. The van der Waals surface area contributed by atoms with Gasteiger partial charge in [-0.1, -0.05) is 18.6 Å². The van der Waals surface area contributed by atoms with Crippen LogP contribution in [0.3, 0.4) is 0 Å². The second-order valence-corrected chi connectivity index (χ2v) is 7.90. The molecule has 2 aliphatic rings. The Kier molecular flexibility index (Phi) is 7.27. The van der Waals surface area contributed by atoms with Crippen molar-refractivity contribution in [3.05, 3.63) is 30.1 Å². The van der Waals surface area contributed by atoms with Crippen molar-refractivity contribution in [2.45, 2.75) is 45.1 Å². The third-order valence-corrected chi connectivity index (χ3v) is 5.95. The molecule has 2 aromatic rings. The van der Waals surface area contributed by atoms with E-state index >= 15 is 0 Å². The van der Waals surface area contributed by atoms with Crippen molar-refractivity contribution in [1.82, 2.24) is 20.1 Å². The zero-order chi connectivity index (χ0) is 19.4. The quantitative estimate of drug-likeness (QED) is 0.778. The summed E-state index contributed by atoms with van der Waals surface area (Å²) in [5.74, 6) is 1.99. The van der Waals surface area contributed by atoms with Gasteiger partial charge in [0.2, 0.25) is 5.91 Å². The lowest BCUT2D eigenvalue weighted by Gasteiger charge is -2.35. The van der Waals surface area contributed by atoms with Crippen molar-refractivity contribution in [1.29, 1.82) is 0 Å². The molecule has 0 bridgehead atoms. The smallest absolute Gasteiger partial charge is 0.233 e. The number of fused-ring (bicyclic) bond motifs is 1. The van der Waals surface area contributed by atoms with E-state index in [2.05, 4.69) is 25.4 Å². The number of aryl methyl sites for hydroxylation is 1. The van der Waals surface area contributed by atoms with Crippen LogP contribution in [0, 0.1) is 5.41 Å². The highest BCUT2D eigenvalue weighted by Crippen LogP contribution is 2.32. The summed E-state index contributed by atoms with van der Waals surface area (Å²) in [6, 6.07) is 7.94. The van der Waals surface area contributed by atoms with Gasteiger partial charge in [-0.15, -0.1) is 22.6 Å². The summed E-state index contributed by atoms with van der Waals surface area (Å²) in [4.78, 5) is 13.1. The molecular weight excluding hydrogens is 390 g/mol. The molecule has 0 spiro atoms. The summed E-state index contributed by atoms with van der Waals surface area (Å²) in [5, 5.41) is 15.3. The molecule has 1 aromatic carbocycles. The first-order chi connectivity index (χ1) is 13.7. The second kappa shape index (κ2) is 9.69. The van der Waals surface area contributed by atoms with E-state index in [4.69, 9.17) is 4.74 Å². The summed E-state index contributed by atoms with van der Waals surface area (Å²) in [6.07, 6.45) is 6.10. The zero-order valence-electron chi connectivity index (χ0n) is 16.9. The number of carbonyl (C=O) groups excluding carboxylic acids is 1. The summed E-state index contributed by atoms with van der Waals surface area (Å²) < 4.78 is 7.62. The van der Waals surface area contributed by atoms with Crippen molar-refractivity contribution >= 4 is 24.0 Å². The van der Waals surface area contributed by atoms with Crippen LogP contribution in [0.25, 0.3) is 11.4 Å². The lowest BCUT2D eigenvalue weighted by molar-refractivity contribution is -0.130. The van der Waals surface area contributed by atoms with Crippen LogP contribution in [0.4, 0.5) is 5.69 Å². The normalized spacial score (nSPS) is 18.2. The molecule has 4 rings (SSSR count). The molecule has 0 aliphatic carbocycles. The highest BCUT2D eigenvalue weighted by molar-refractivity contribution is 5.96. The van der Waals surface area contributed by atoms with Crippen molar-refractivity contribution in [3.63, 3.8) is 0 Å². The number of piperidine rings is 1. The predicted molar refractivity (Wildman–Crippen MR) is 115 cm³/mol. The molecule has 8 heteroatoms. The van der Waals surface area contributed by atoms with Crippen LogP contribution in [0.15, 0.2) is 24.3 Å². The van der Waals surface area contributed by atoms with E-state index in [0.29, 0.717) is 6.61 Å². The highest BCUT2D eigenvalue weighted by atomic mass is 35.5. The maximum Gasteiger partial charge on any atom is 0.233 e. The largest absolute Gasteiger partial charge is 0.384 e. The fraction of sp³-hybridized carbons (Fsp3) is 0.571. The van der Waals surface area contributed by atoms with Crippen LogP contribution in [0.5, 0.6) is 0 Å². The van der Waals surface area contributed by atoms with E-state index in [1.165, 1.54) is 12.8 Å². The van der Waals surface area contributed by atoms with E-state index in [0.717, 1.165) is 68.2 Å².